The maximum atomic E-state index is 11.0. The van der Waals surface area contributed by atoms with Crippen LogP contribution in [0.3, 0.4) is 0 Å². The average Bonchev–Trinajstić information content (AvgIpc) is 2.56. The average molecular weight is 190 g/mol. The molecule has 0 amide bonds. The Labute approximate surface area is 71.8 Å². The van der Waals surface area contributed by atoms with Crippen molar-refractivity contribution in [3.05, 3.63) is 0 Å². The third kappa shape index (κ3) is 0.781. The molecule has 7 heteroatoms. The summed E-state index contributed by atoms with van der Waals surface area (Å²) in [4.78, 5) is 22.0. The number of ether oxygens (including phenoxy) is 3. The van der Waals surface area contributed by atoms with Crippen molar-refractivity contribution in [1.29, 1.82) is 0 Å². The lowest BCUT2D eigenvalue weighted by Gasteiger charge is -2.19. The van der Waals surface area contributed by atoms with Crippen molar-refractivity contribution >= 4 is 11.9 Å². The number of carbonyl (C=O) groups excluding carboxylic acids is 2. The highest BCUT2D eigenvalue weighted by Gasteiger charge is 2.72. The molecule has 0 aliphatic carbocycles. The molecule has 2 fully saturated rings. The van der Waals surface area contributed by atoms with E-state index in [0.717, 1.165) is 0 Å². The predicted octanol–water partition coefficient (Wildman–Crippen LogP) is -2.51. The molecule has 0 radical (unpaired) electrons. The van der Waals surface area contributed by atoms with Crippen LogP contribution in [0.25, 0.3) is 0 Å². The van der Waals surface area contributed by atoms with Crippen molar-refractivity contribution in [3.63, 3.8) is 0 Å². The van der Waals surface area contributed by atoms with Crippen LogP contribution >= 0.6 is 0 Å². The van der Waals surface area contributed by atoms with Gasteiger partial charge in [-0.05, 0) is 0 Å². The SMILES string of the molecule is O=C1OC2(CO)OC1(CO)OC2=O. The van der Waals surface area contributed by atoms with Gasteiger partial charge in [0.1, 0.15) is 13.2 Å². The van der Waals surface area contributed by atoms with E-state index in [4.69, 9.17) is 14.9 Å². The van der Waals surface area contributed by atoms with Crippen LogP contribution in [0, 0.1) is 0 Å². The molecular formula is C6H6O7. The van der Waals surface area contributed by atoms with E-state index in [2.05, 4.69) is 9.47 Å². The highest BCUT2D eigenvalue weighted by Crippen LogP contribution is 2.41. The van der Waals surface area contributed by atoms with Crippen molar-refractivity contribution in [1.82, 2.24) is 0 Å². The van der Waals surface area contributed by atoms with Gasteiger partial charge in [0.25, 0.3) is 0 Å². The first-order valence-corrected chi connectivity index (χ1v) is 3.47. The Bertz CT molecular complexity index is 259. The second-order valence-electron chi connectivity index (χ2n) is 2.70. The van der Waals surface area contributed by atoms with E-state index < -0.39 is 36.7 Å². The van der Waals surface area contributed by atoms with E-state index in [9.17, 15) is 9.59 Å². The van der Waals surface area contributed by atoms with Gasteiger partial charge in [-0.3, -0.25) is 4.74 Å². The highest BCUT2D eigenvalue weighted by molar-refractivity contribution is 5.95. The molecule has 2 atom stereocenters. The van der Waals surface area contributed by atoms with Crippen molar-refractivity contribution in [2.75, 3.05) is 13.2 Å². The lowest BCUT2D eigenvalue weighted by Crippen LogP contribution is -2.47. The molecule has 0 aromatic heterocycles. The van der Waals surface area contributed by atoms with Crippen LogP contribution in [0.2, 0.25) is 0 Å². The van der Waals surface area contributed by atoms with Gasteiger partial charge in [-0.25, -0.2) is 9.59 Å². The van der Waals surface area contributed by atoms with E-state index in [1.54, 1.807) is 0 Å². The van der Waals surface area contributed by atoms with Gasteiger partial charge in [0.2, 0.25) is 0 Å². The van der Waals surface area contributed by atoms with Gasteiger partial charge in [-0.1, -0.05) is 0 Å². The van der Waals surface area contributed by atoms with Crippen molar-refractivity contribution < 1.29 is 34.0 Å². The number of aliphatic hydroxyl groups excluding tert-OH is 2. The summed E-state index contributed by atoms with van der Waals surface area (Å²) in [5.74, 6) is -6.16. The largest absolute Gasteiger partial charge is 0.414 e. The molecule has 0 aromatic carbocycles. The minimum atomic E-state index is -2.07. The molecule has 0 spiro atoms. The summed E-state index contributed by atoms with van der Waals surface area (Å²) in [5.41, 5.74) is 0. The first-order chi connectivity index (χ1) is 6.08. The Hall–Kier alpha value is -1.18. The summed E-state index contributed by atoms with van der Waals surface area (Å²) in [7, 11) is 0. The molecule has 2 saturated heterocycles. The van der Waals surface area contributed by atoms with Crippen LogP contribution < -0.4 is 0 Å². The number of hydrogen-bond donors (Lipinski definition) is 2. The molecule has 13 heavy (non-hydrogen) atoms. The summed E-state index contributed by atoms with van der Waals surface area (Å²) in [5, 5.41) is 17.5. The van der Waals surface area contributed by atoms with Crippen molar-refractivity contribution in [3.8, 4) is 0 Å². The van der Waals surface area contributed by atoms with Gasteiger partial charge in [0.15, 0.2) is 0 Å². The zero-order chi connectivity index (χ0) is 9.69. The first-order valence-electron chi connectivity index (χ1n) is 3.47. The molecule has 2 rings (SSSR count). The van der Waals surface area contributed by atoms with Crippen LogP contribution in [-0.4, -0.2) is 46.9 Å². The molecule has 2 unspecified atom stereocenters. The zero-order valence-corrected chi connectivity index (χ0v) is 6.35. The van der Waals surface area contributed by atoms with Crippen molar-refractivity contribution in [2.45, 2.75) is 11.6 Å². The smallest absolute Gasteiger partial charge is 0.385 e. The summed E-state index contributed by atoms with van der Waals surface area (Å²) in [6.07, 6.45) is 0. The maximum Gasteiger partial charge on any atom is 0.385 e. The number of carbonyl (C=O) groups is 2. The number of aliphatic hydroxyl groups is 2. The highest BCUT2D eigenvalue weighted by atomic mass is 16.9. The Morgan fingerprint density at radius 3 is 1.62 bits per heavy atom. The standard InChI is InChI=1S/C6H6O7/c7-1-5-3(9)12-6(2-8,13-5)4(10)11-5/h7-8H,1-2H2. The summed E-state index contributed by atoms with van der Waals surface area (Å²) >= 11 is 0. The molecule has 2 heterocycles. The predicted molar refractivity (Wildman–Crippen MR) is 32.9 cm³/mol. The van der Waals surface area contributed by atoms with Crippen LogP contribution in [0.4, 0.5) is 0 Å². The molecule has 2 N–H and O–H groups in total. The normalized spacial score (nSPS) is 42.0. The maximum absolute atomic E-state index is 11.0. The molecule has 2 aliphatic heterocycles. The monoisotopic (exact) mass is 190 g/mol. The van der Waals surface area contributed by atoms with Gasteiger partial charge in [-0.15, -0.1) is 0 Å². The second kappa shape index (κ2) is 2.19. The third-order valence-electron chi connectivity index (χ3n) is 1.88. The van der Waals surface area contributed by atoms with Crippen LogP contribution in [-0.2, 0) is 23.8 Å². The van der Waals surface area contributed by atoms with E-state index >= 15 is 0 Å². The third-order valence-corrected chi connectivity index (χ3v) is 1.88. The van der Waals surface area contributed by atoms with E-state index in [1.165, 1.54) is 0 Å². The quantitative estimate of drug-likeness (QED) is 0.463. The van der Waals surface area contributed by atoms with Crippen molar-refractivity contribution in [2.24, 2.45) is 0 Å². The fourth-order valence-corrected chi connectivity index (χ4v) is 1.19. The Morgan fingerprint density at radius 2 is 1.38 bits per heavy atom. The van der Waals surface area contributed by atoms with E-state index in [0.29, 0.717) is 0 Å². The van der Waals surface area contributed by atoms with Gasteiger partial charge in [0.05, 0.1) is 0 Å². The topological polar surface area (TPSA) is 102 Å². The Balaban J connectivity index is 2.39. The van der Waals surface area contributed by atoms with E-state index in [1.807, 2.05) is 0 Å². The van der Waals surface area contributed by atoms with Gasteiger partial charge >= 0.3 is 23.5 Å². The molecule has 2 aliphatic rings. The zero-order valence-electron chi connectivity index (χ0n) is 6.35. The van der Waals surface area contributed by atoms with Gasteiger partial charge in [0, 0.05) is 0 Å². The fraction of sp³-hybridized carbons (Fsp3) is 0.667. The van der Waals surface area contributed by atoms with E-state index in [-0.39, 0.29) is 0 Å². The van der Waals surface area contributed by atoms with Crippen LogP contribution in [0.1, 0.15) is 0 Å². The molecular weight excluding hydrogens is 184 g/mol. The first kappa shape index (κ1) is 8.42. The molecule has 0 aromatic rings. The molecule has 2 bridgehead atoms. The Morgan fingerprint density at radius 1 is 1.00 bits per heavy atom. The number of hydrogen-bond acceptors (Lipinski definition) is 7. The Kier molecular flexibility index (Phi) is 1.42. The lowest BCUT2D eigenvalue weighted by atomic mass is 10.3. The summed E-state index contributed by atoms with van der Waals surface area (Å²) in [6, 6.07) is 0. The van der Waals surface area contributed by atoms with Gasteiger partial charge < -0.3 is 19.7 Å². The lowest BCUT2D eigenvalue weighted by molar-refractivity contribution is -0.200. The second-order valence-corrected chi connectivity index (χ2v) is 2.70. The van der Waals surface area contributed by atoms with Crippen LogP contribution in [0.15, 0.2) is 0 Å². The minimum Gasteiger partial charge on any atom is -0.414 e. The number of fused-ring (bicyclic) bond motifs is 2. The molecule has 7 nitrogen and oxygen atoms in total. The summed E-state index contributed by atoms with van der Waals surface area (Å²) in [6.45, 7) is -1.67. The fourth-order valence-electron chi connectivity index (χ4n) is 1.19. The van der Waals surface area contributed by atoms with Gasteiger partial charge in [-0.2, -0.15) is 0 Å². The summed E-state index contributed by atoms with van der Waals surface area (Å²) < 4.78 is 13.6. The van der Waals surface area contributed by atoms with Crippen LogP contribution in [0.5, 0.6) is 0 Å². The molecule has 0 saturated carbocycles. The number of esters is 2. The number of rotatable bonds is 2. The minimum absolute atomic E-state index is 0.834. The molecule has 72 valence electrons.